The van der Waals surface area contributed by atoms with E-state index in [2.05, 4.69) is 50.8 Å². The van der Waals surface area contributed by atoms with Gasteiger partial charge < -0.3 is 0 Å². The van der Waals surface area contributed by atoms with Crippen molar-refractivity contribution in [1.82, 2.24) is 24.3 Å². The van der Waals surface area contributed by atoms with Crippen LogP contribution < -0.4 is 0 Å². The summed E-state index contributed by atoms with van der Waals surface area (Å²) < 4.78 is 2.12. The third-order valence-corrected chi connectivity index (χ3v) is 6.33. The second-order valence-corrected chi connectivity index (χ2v) is 8.44. The summed E-state index contributed by atoms with van der Waals surface area (Å²) in [6, 6.07) is 32.7. The van der Waals surface area contributed by atoms with Crippen molar-refractivity contribution in [2.75, 3.05) is 0 Å². The van der Waals surface area contributed by atoms with Crippen molar-refractivity contribution < 1.29 is 0 Å². The highest BCUT2D eigenvalue weighted by atomic mass is 15.0. The molecule has 0 unspecified atom stereocenters. The normalized spacial score (nSPS) is 11.4. The van der Waals surface area contributed by atoms with E-state index in [-0.39, 0.29) is 0 Å². The molecule has 0 aliphatic carbocycles. The minimum atomic E-state index is 0.862. The summed E-state index contributed by atoms with van der Waals surface area (Å²) in [6.07, 6.45) is 5.73. The van der Waals surface area contributed by atoms with Gasteiger partial charge in [0, 0.05) is 35.1 Å². The molecule has 0 aliphatic rings. The van der Waals surface area contributed by atoms with Gasteiger partial charge in [-0.25, -0.2) is 9.97 Å². The highest BCUT2D eigenvalue weighted by molar-refractivity contribution is 6.09. The highest BCUT2D eigenvalue weighted by Gasteiger charge is 2.16. The van der Waals surface area contributed by atoms with E-state index >= 15 is 0 Å². The number of aromatic nitrogens is 5. The second kappa shape index (κ2) is 7.85. The van der Waals surface area contributed by atoms with Gasteiger partial charge in [0.2, 0.25) is 0 Å². The molecule has 0 N–H and O–H groups in total. The molecule has 7 aromatic rings. The number of pyridine rings is 4. The Hall–Kier alpha value is -4.90. The molecule has 5 heterocycles. The molecule has 5 aromatic heterocycles. The van der Waals surface area contributed by atoms with Gasteiger partial charge in [-0.15, -0.1) is 0 Å². The lowest BCUT2D eigenvalue weighted by molar-refractivity contribution is 1.22. The largest absolute Gasteiger partial charge is 0.298 e. The zero-order chi connectivity index (χ0) is 23.2. The van der Waals surface area contributed by atoms with Gasteiger partial charge in [-0.05, 0) is 42.0 Å². The number of rotatable bonds is 3. The lowest BCUT2D eigenvalue weighted by atomic mass is 10.0. The van der Waals surface area contributed by atoms with Gasteiger partial charge in [-0.2, -0.15) is 0 Å². The predicted molar refractivity (Wildman–Crippen MR) is 140 cm³/mol. The summed E-state index contributed by atoms with van der Waals surface area (Å²) in [5.41, 5.74) is 9.71. The SMILES string of the molecule is c1ccc(-c2ccc(-c3ccc(-c4nc5ccccc5c5nc6ccccn6c45)cc3)cn2)nc1. The zero-order valence-electron chi connectivity index (χ0n) is 18.7. The highest BCUT2D eigenvalue weighted by Crippen LogP contribution is 2.34. The summed E-state index contributed by atoms with van der Waals surface area (Å²) in [7, 11) is 0. The molecule has 0 saturated carbocycles. The molecule has 35 heavy (non-hydrogen) atoms. The summed E-state index contributed by atoms with van der Waals surface area (Å²) in [6.45, 7) is 0. The van der Waals surface area contributed by atoms with Gasteiger partial charge in [0.05, 0.1) is 28.1 Å². The average molecular weight is 450 g/mol. The number of benzene rings is 2. The van der Waals surface area contributed by atoms with Gasteiger partial charge in [-0.1, -0.05) is 60.7 Å². The zero-order valence-corrected chi connectivity index (χ0v) is 18.7. The van der Waals surface area contributed by atoms with Crippen LogP contribution in [-0.4, -0.2) is 24.3 Å². The maximum Gasteiger partial charge on any atom is 0.137 e. The van der Waals surface area contributed by atoms with E-state index in [0.29, 0.717) is 0 Å². The van der Waals surface area contributed by atoms with Crippen LogP contribution in [0.15, 0.2) is 116 Å². The standard InChI is InChI=1S/C30H19N5/c1-2-8-24-23(7-1)29-30(35-18-6-4-10-27(35)34-29)28(33-24)21-13-11-20(12-14-21)22-15-16-26(32-19-22)25-9-3-5-17-31-25/h1-19H. The molecule has 0 spiro atoms. The first-order valence-electron chi connectivity index (χ1n) is 11.5. The summed E-state index contributed by atoms with van der Waals surface area (Å²) >= 11 is 0. The van der Waals surface area contributed by atoms with Gasteiger partial charge in [0.15, 0.2) is 0 Å². The van der Waals surface area contributed by atoms with Crippen LogP contribution in [0.4, 0.5) is 0 Å². The Kier molecular flexibility index (Phi) is 4.39. The predicted octanol–water partition coefficient (Wildman–Crippen LogP) is 6.83. The van der Waals surface area contributed by atoms with Crippen LogP contribution in [0.5, 0.6) is 0 Å². The number of hydrogen-bond acceptors (Lipinski definition) is 4. The fourth-order valence-corrected chi connectivity index (χ4v) is 4.61. The van der Waals surface area contributed by atoms with Gasteiger partial charge in [0.1, 0.15) is 11.2 Å². The third-order valence-electron chi connectivity index (χ3n) is 6.33. The fourth-order valence-electron chi connectivity index (χ4n) is 4.61. The maximum atomic E-state index is 5.06. The monoisotopic (exact) mass is 449 g/mol. The molecule has 5 heteroatoms. The fraction of sp³-hybridized carbons (Fsp3) is 0. The molecule has 2 aromatic carbocycles. The van der Waals surface area contributed by atoms with E-state index in [4.69, 9.17) is 9.97 Å². The van der Waals surface area contributed by atoms with E-state index in [0.717, 1.165) is 61.4 Å². The molecule has 0 saturated heterocycles. The first kappa shape index (κ1) is 19.6. The Morgan fingerprint density at radius 3 is 2.17 bits per heavy atom. The number of para-hydroxylation sites is 1. The molecule has 0 fully saturated rings. The minimum absolute atomic E-state index is 0.862. The smallest absolute Gasteiger partial charge is 0.137 e. The molecule has 0 atom stereocenters. The molecule has 0 bridgehead atoms. The van der Waals surface area contributed by atoms with Gasteiger partial charge in [0.25, 0.3) is 0 Å². The Balaban J connectivity index is 1.34. The lowest BCUT2D eigenvalue weighted by Gasteiger charge is -2.09. The van der Waals surface area contributed by atoms with Gasteiger partial charge >= 0.3 is 0 Å². The van der Waals surface area contributed by atoms with Crippen LogP contribution in [0.1, 0.15) is 0 Å². The Morgan fingerprint density at radius 1 is 0.571 bits per heavy atom. The first-order valence-corrected chi connectivity index (χ1v) is 11.5. The van der Waals surface area contributed by atoms with E-state index in [1.165, 1.54) is 0 Å². The maximum absolute atomic E-state index is 5.06. The number of hydrogen-bond donors (Lipinski definition) is 0. The summed E-state index contributed by atoms with van der Waals surface area (Å²) in [5, 5.41) is 1.06. The van der Waals surface area contributed by atoms with Crippen LogP contribution in [0, 0.1) is 0 Å². The average Bonchev–Trinajstić information content (AvgIpc) is 3.33. The molecular formula is C30H19N5. The van der Waals surface area contributed by atoms with Crippen LogP contribution >= 0.6 is 0 Å². The molecule has 5 nitrogen and oxygen atoms in total. The lowest BCUT2D eigenvalue weighted by Crippen LogP contribution is -1.92. The van der Waals surface area contributed by atoms with Crippen LogP contribution in [-0.2, 0) is 0 Å². The van der Waals surface area contributed by atoms with E-state index < -0.39 is 0 Å². The van der Waals surface area contributed by atoms with Crippen LogP contribution in [0.25, 0.3) is 61.4 Å². The van der Waals surface area contributed by atoms with E-state index in [1.54, 1.807) is 6.20 Å². The van der Waals surface area contributed by atoms with Crippen LogP contribution in [0.3, 0.4) is 0 Å². The molecule has 0 aliphatic heterocycles. The Bertz CT molecular complexity index is 1820. The number of fused-ring (bicyclic) bond motifs is 5. The van der Waals surface area contributed by atoms with Crippen molar-refractivity contribution in [3.05, 3.63) is 116 Å². The Labute approximate surface area is 201 Å². The molecule has 0 radical (unpaired) electrons. The first-order chi connectivity index (χ1) is 17.3. The topological polar surface area (TPSA) is 56.0 Å². The summed E-state index contributed by atoms with van der Waals surface area (Å²) in [4.78, 5) is 19.0. The van der Waals surface area contributed by atoms with Crippen molar-refractivity contribution in [1.29, 1.82) is 0 Å². The molecule has 164 valence electrons. The van der Waals surface area contributed by atoms with Crippen molar-refractivity contribution in [3.63, 3.8) is 0 Å². The van der Waals surface area contributed by atoms with E-state index in [1.807, 2.05) is 73.1 Å². The van der Waals surface area contributed by atoms with Gasteiger partial charge in [-0.3, -0.25) is 14.4 Å². The third kappa shape index (κ3) is 3.25. The van der Waals surface area contributed by atoms with Crippen LogP contribution in [0.2, 0.25) is 0 Å². The van der Waals surface area contributed by atoms with Crippen molar-refractivity contribution in [3.8, 4) is 33.8 Å². The second-order valence-electron chi connectivity index (χ2n) is 8.44. The van der Waals surface area contributed by atoms with Crippen molar-refractivity contribution in [2.45, 2.75) is 0 Å². The van der Waals surface area contributed by atoms with Crippen molar-refractivity contribution >= 4 is 27.6 Å². The molecule has 7 rings (SSSR count). The minimum Gasteiger partial charge on any atom is -0.298 e. The van der Waals surface area contributed by atoms with E-state index in [9.17, 15) is 0 Å². The molecular weight excluding hydrogens is 430 g/mol. The number of imidazole rings is 1. The molecule has 0 amide bonds. The van der Waals surface area contributed by atoms with Crippen molar-refractivity contribution in [2.24, 2.45) is 0 Å². The Morgan fingerprint density at radius 2 is 1.34 bits per heavy atom. The summed E-state index contributed by atoms with van der Waals surface area (Å²) in [5.74, 6) is 0. The number of nitrogens with zero attached hydrogens (tertiary/aromatic N) is 5. The quantitative estimate of drug-likeness (QED) is 0.297.